The summed E-state index contributed by atoms with van der Waals surface area (Å²) < 4.78 is 4.94. The van der Waals surface area contributed by atoms with Crippen molar-refractivity contribution in [3.8, 4) is 0 Å². The third kappa shape index (κ3) is 2.38. The molecule has 1 unspecified atom stereocenters. The lowest BCUT2D eigenvalue weighted by Gasteiger charge is -2.20. The Morgan fingerprint density at radius 2 is 2.05 bits per heavy atom. The van der Waals surface area contributed by atoms with E-state index in [1.54, 1.807) is 11.8 Å². The van der Waals surface area contributed by atoms with E-state index in [9.17, 15) is 9.59 Å². The van der Waals surface area contributed by atoms with Crippen molar-refractivity contribution in [1.82, 2.24) is 0 Å². The highest BCUT2D eigenvalue weighted by molar-refractivity contribution is 6.06. The van der Waals surface area contributed by atoms with Crippen LogP contribution in [-0.4, -0.2) is 24.5 Å². The van der Waals surface area contributed by atoms with Crippen LogP contribution in [0.15, 0.2) is 30.3 Å². The van der Waals surface area contributed by atoms with E-state index in [2.05, 4.69) is 0 Å². The number of amides is 1. The number of esters is 1. The minimum atomic E-state index is -0.371. The van der Waals surface area contributed by atoms with Gasteiger partial charge in [-0.15, -0.1) is 0 Å². The Kier molecular flexibility index (Phi) is 3.69. The normalized spacial score (nSPS) is 19.4. The minimum absolute atomic E-state index is 0.0350. The first-order valence-electron chi connectivity index (χ1n) is 6.33. The number of fused-ring (bicyclic) bond motifs is 1. The van der Waals surface area contributed by atoms with Crippen molar-refractivity contribution in [3.63, 3.8) is 0 Å². The molecule has 100 valence electrons. The lowest BCUT2D eigenvalue weighted by atomic mass is 10.0. The molecular weight excluding hydrogens is 242 g/mol. The number of hydrogen-bond acceptors (Lipinski definition) is 3. The van der Waals surface area contributed by atoms with Gasteiger partial charge in [-0.05, 0) is 25.5 Å². The number of nitrogens with zero attached hydrogens (tertiary/aromatic N) is 1. The van der Waals surface area contributed by atoms with E-state index in [1.807, 2.05) is 31.2 Å². The molecule has 0 saturated carbocycles. The van der Waals surface area contributed by atoms with Gasteiger partial charge in [-0.1, -0.05) is 18.2 Å². The first-order chi connectivity index (χ1) is 9.06. The second kappa shape index (κ2) is 5.26. The first-order valence-corrected chi connectivity index (χ1v) is 6.33. The average molecular weight is 259 g/mol. The first kappa shape index (κ1) is 13.3. The van der Waals surface area contributed by atoms with Gasteiger partial charge in [-0.3, -0.25) is 4.79 Å². The molecule has 1 aromatic carbocycles. The van der Waals surface area contributed by atoms with Gasteiger partial charge in [0.25, 0.3) is 0 Å². The summed E-state index contributed by atoms with van der Waals surface area (Å²) in [6, 6.07) is 7.43. The number of carbonyl (C=O) groups is 2. The summed E-state index contributed by atoms with van der Waals surface area (Å²) in [5.41, 5.74) is 2.58. The van der Waals surface area contributed by atoms with Crippen molar-refractivity contribution in [2.75, 3.05) is 11.5 Å². The predicted molar refractivity (Wildman–Crippen MR) is 73.7 cm³/mol. The van der Waals surface area contributed by atoms with Gasteiger partial charge in [0.2, 0.25) is 5.91 Å². The SMILES string of the molecule is CCOC(=O)/C=C1\c2ccccc2N(C(C)=O)C1C. The second-order valence-electron chi connectivity index (χ2n) is 4.43. The molecule has 1 heterocycles. The highest BCUT2D eigenvalue weighted by Crippen LogP contribution is 2.40. The third-order valence-corrected chi connectivity index (χ3v) is 3.21. The topological polar surface area (TPSA) is 46.6 Å². The van der Waals surface area contributed by atoms with Gasteiger partial charge in [-0.2, -0.15) is 0 Å². The Morgan fingerprint density at radius 1 is 1.37 bits per heavy atom. The van der Waals surface area contributed by atoms with Gasteiger partial charge < -0.3 is 9.64 Å². The van der Waals surface area contributed by atoms with E-state index < -0.39 is 0 Å². The molecule has 1 aliphatic rings. The number of ether oxygens (including phenoxy) is 1. The van der Waals surface area contributed by atoms with Gasteiger partial charge in [0.15, 0.2) is 0 Å². The molecule has 0 radical (unpaired) electrons. The van der Waals surface area contributed by atoms with Crippen molar-refractivity contribution in [3.05, 3.63) is 35.9 Å². The fourth-order valence-electron chi connectivity index (χ4n) is 2.45. The van der Waals surface area contributed by atoms with Crippen LogP contribution < -0.4 is 4.90 Å². The maximum absolute atomic E-state index is 11.8. The molecule has 0 N–H and O–H groups in total. The number of anilines is 1. The molecule has 4 nitrogen and oxygen atoms in total. The molecule has 0 saturated heterocycles. The average Bonchev–Trinajstić information content (AvgIpc) is 2.63. The summed E-state index contributed by atoms with van der Waals surface area (Å²) >= 11 is 0. The van der Waals surface area contributed by atoms with E-state index in [1.165, 1.54) is 13.0 Å². The lowest BCUT2D eigenvalue weighted by Crippen LogP contribution is -2.33. The van der Waals surface area contributed by atoms with E-state index in [-0.39, 0.29) is 17.9 Å². The van der Waals surface area contributed by atoms with Crippen LogP contribution in [0.3, 0.4) is 0 Å². The Labute approximate surface area is 112 Å². The molecule has 4 heteroatoms. The summed E-state index contributed by atoms with van der Waals surface area (Å²) in [6.45, 7) is 5.55. The molecule has 0 fully saturated rings. The minimum Gasteiger partial charge on any atom is -0.463 e. The van der Waals surface area contributed by atoms with Gasteiger partial charge in [0.1, 0.15) is 0 Å². The molecule has 0 spiro atoms. The summed E-state index contributed by atoms with van der Waals surface area (Å²) in [7, 11) is 0. The number of hydrogen-bond donors (Lipinski definition) is 0. The Hall–Kier alpha value is -2.10. The van der Waals surface area contributed by atoms with Crippen LogP contribution in [0.4, 0.5) is 5.69 Å². The van der Waals surface area contributed by atoms with E-state index in [4.69, 9.17) is 4.74 Å². The molecule has 19 heavy (non-hydrogen) atoms. The monoisotopic (exact) mass is 259 g/mol. The van der Waals surface area contributed by atoms with Crippen LogP contribution in [-0.2, 0) is 14.3 Å². The summed E-state index contributed by atoms with van der Waals surface area (Å²) in [6.07, 6.45) is 1.48. The molecule has 0 aliphatic carbocycles. The zero-order valence-electron chi connectivity index (χ0n) is 11.3. The van der Waals surface area contributed by atoms with Gasteiger partial charge in [0, 0.05) is 18.6 Å². The van der Waals surface area contributed by atoms with Crippen molar-refractivity contribution in [2.24, 2.45) is 0 Å². The van der Waals surface area contributed by atoms with Crippen molar-refractivity contribution in [1.29, 1.82) is 0 Å². The highest BCUT2D eigenvalue weighted by atomic mass is 16.5. The number of para-hydroxylation sites is 1. The van der Waals surface area contributed by atoms with Crippen molar-refractivity contribution < 1.29 is 14.3 Å². The lowest BCUT2D eigenvalue weighted by molar-refractivity contribution is -0.137. The number of benzene rings is 1. The van der Waals surface area contributed by atoms with Crippen LogP contribution in [0.25, 0.3) is 5.57 Å². The molecular formula is C15H17NO3. The fraction of sp³-hybridized carbons (Fsp3) is 0.333. The van der Waals surface area contributed by atoms with Gasteiger partial charge in [-0.25, -0.2) is 4.79 Å². The summed E-state index contributed by atoms with van der Waals surface area (Å²) in [4.78, 5) is 25.1. The second-order valence-corrected chi connectivity index (χ2v) is 4.43. The van der Waals surface area contributed by atoms with Gasteiger partial charge >= 0.3 is 5.97 Å². The van der Waals surface area contributed by atoms with E-state index >= 15 is 0 Å². The van der Waals surface area contributed by atoms with Crippen molar-refractivity contribution >= 4 is 23.1 Å². The third-order valence-electron chi connectivity index (χ3n) is 3.21. The van der Waals surface area contributed by atoms with Crippen LogP contribution in [0.1, 0.15) is 26.3 Å². The van der Waals surface area contributed by atoms with Crippen LogP contribution in [0.2, 0.25) is 0 Å². The molecule has 1 aliphatic heterocycles. The van der Waals surface area contributed by atoms with E-state index in [0.29, 0.717) is 6.61 Å². The standard InChI is InChI=1S/C15H17NO3/c1-4-19-15(18)9-13-10(2)16(11(3)17)14-8-6-5-7-12(13)14/h5-10H,4H2,1-3H3/b13-9-. The molecule has 1 amide bonds. The van der Waals surface area contributed by atoms with E-state index in [0.717, 1.165) is 16.8 Å². The zero-order valence-corrected chi connectivity index (χ0v) is 11.3. The Bertz CT molecular complexity index is 548. The summed E-state index contributed by atoms with van der Waals surface area (Å²) in [5.74, 6) is -0.406. The molecule has 0 bridgehead atoms. The van der Waals surface area contributed by atoms with Crippen molar-refractivity contribution in [2.45, 2.75) is 26.8 Å². The van der Waals surface area contributed by atoms with Crippen LogP contribution in [0, 0.1) is 0 Å². The number of rotatable bonds is 2. The molecule has 1 atom stereocenters. The smallest absolute Gasteiger partial charge is 0.331 e. The quantitative estimate of drug-likeness (QED) is 0.605. The van der Waals surface area contributed by atoms with Gasteiger partial charge in [0.05, 0.1) is 18.3 Å². The highest BCUT2D eigenvalue weighted by Gasteiger charge is 2.33. The zero-order chi connectivity index (χ0) is 14.0. The molecule has 2 rings (SSSR count). The Balaban J connectivity index is 2.47. The fourth-order valence-corrected chi connectivity index (χ4v) is 2.45. The maximum Gasteiger partial charge on any atom is 0.331 e. The molecule has 0 aromatic heterocycles. The van der Waals surface area contributed by atoms with Crippen LogP contribution in [0.5, 0.6) is 0 Å². The van der Waals surface area contributed by atoms with Crippen LogP contribution >= 0.6 is 0 Å². The molecule has 1 aromatic rings. The predicted octanol–water partition coefficient (Wildman–Crippen LogP) is 2.39. The summed E-state index contributed by atoms with van der Waals surface area (Å²) in [5, 5.41) is 0. The Morgan fingerprint density at radius 3 is 2.68 bits per heavy atom. The number of carbonyl (C=O) groups excluding carboxylic acids is 2. The maximum atomic E-state index is 11.8. The largest absolute Gasteiger partial charge is 0.463 e.